The maximum Gasteiger partial charge on any atom is 0.416 e. The first-order valence-corrected chi connectivity index (χ1v) is 6.30. The predicted molar refractivity (Wildman–Crippen MR) is 73.5 cm³/mol. The fraction of sp³-hybridized carbons (Fsp3) is 0.143. The number of hydrogen-bond acceptors (Lipinski definition) is 1. The van der Waals surface area contributed by atoms with Gasteiger partial charge in [-0.1, -0.05) is 29.3 Å². The van der Waals surface area contributed by atoms with Gasteiger partial charge in [0.1, 0.15) is 5.75 Å². The maximum absolute atomic E-state index is 12.8. The van der Waals surface area contributed by atoms with Gasteiger partial charge in [-0.05, 0) is 30.3 Å². The van der Waals surface area contributed by atoms with E-state index in [1.807, 2.05) is 0 Å². The topological polar surface area (TPSA) is 9.23 Å². The molecule has 0 aliphatic heterocycles. The molecule has 0 aliphatic carbocycles. The normalized spacial score (nSPS) is 11.5. The molecule has 2 aromatic carbocycles. The highest BCUT2D eigenvalue weighted by atomic mass is 35.5. The van der Waals surface area contributed by atoms with E-state index in [0.29, 0.717) is 5.56 Å². The summed E-state index contributed by atoms with van der Waals surface area (Å²) in [6.45, 7) is 0. The highest BCUT2D eigenvalue weighted by Gasteiger charge is 2.31. The van der Waals surface area contributed by atoms with Crippen LogP contribution in [0.1, 0.15) is 5.56 Å². The molecule has 0 amide bonds. The minimum absolute atomic E-state index is 0.206. The Balaban J connectivity index is 2.71. The van der Waals surface area contributed by atoms with Crippen LogP contribution in [0.5, 0.6) is 5.75 Å². The molecule has 2 rings (SSSR count). The molecule has 0 aliphatic rings. The summed E-state index contributed by atoms with van der Waals surface area (Å²) in [6.07, 6.45) is -4.45. The summed E-state index contributed by atoms with van der Waals surface area (Å²) >= 11 is 12.1. The van der Waals surface area contributed by atoms with E-state index in [4.69, 9.17) is 27.9 Å². The Kier molecular flexibility index (Phi) is 4.16. The molecule has 0 saturated carbocycles. The molecule has 6 heteroatoms. The van der Waals surface area contributed by atoms with Gasteiger partial charge in [0.2, 0.25) is 0 Å². The lowest BCUT2D eigenvalue weighted by Crippen LogP contribution is -2.05. The molecule has 0 heterocycles. The van der Waals surface area contributed by atoms with Crippen LogP contribution in [0.25, 0.3) is 11.1 Å². The number of alkyl halides is 3. The van der Waals surface area contributed by atoms with Gasteiger partial charge in [-0.3, -0.25) is 0 Å². The summed E-state index contributed by atoms with van der Waals surface area (Å²) in [5.74, 6) is 0.271. The number of benzene rings is 2. The molecule has 0 unspecified atom stereocenters. The molecule has 0 aromatic heterocycles. The summed E-state index contributed by atoms with van der Waals surface area (Å²) in [4.78, 5) is 0. The Labute approximate surface area is 123 Å². The van der Waals surface area contributed by atoms with Crippen molar-refractivity contribution in [3.8, 4) is 16.9 Å². The second-order valence-electron chi connectivity index (χ2n) is 4.01. The summed E-state index contributed by atoms with van der Waals surface area (Å²) in [6, 6.07) is 7.91. The fourth-order valence-electron chi connectivity index (χ4n) is 1.83. The molecule has 2 aromatic rings. The summed E-state index contributed by atoms with van der Waals surface area (Å²) in [7, 11) is 1.37. The van der Waals surface area contributed by atoms with Crippen molar-refractivity contribution >= 4 is 23.2 Å². The predicted octanol–water partition coefficient (Wildman–Crippen LogP) is 5.69. The van der Waals surface area contributed by atoms with Crippen LogP contribution in [0.2, 0.25) is 10.0 Å². The van der Waals surface area contributed by atoms with Crippen molar-refractivity contribution in [3.05, 3.63) is 52.0 Å². The Morgan fingerprint density at radius 1 is 1.00 bits per heavy atom. The van der Waals surface area contributed by atoms with Crippen LogP contribution >= 0.6 is 23.2 Å². The van der Waals surface area contributed by atoms with Gasteiger partial charge in [0.15, 0.2) is 0 Å². The van der Waals surface area contributed by atoms with Gasteiger partial charge in [-0.25, -0.2) is 0 Å². The van der Waals surface area contributed by atoms with Crippen molar-refractivity contribution in [2.45, 2.75) is 6.18 Å². The molecule has 106 valence electrons. The average Bonchev–Trinajstić information content (AvgIpc) is 2.37. The van der Waals surface area contributed by atoms with Crippen LogP contribution in [0.4, 0.5) is 13.2 Å². The van der Waals surface area contributed by atoms with E-state index < -0.39 is 11.7 Å². The lowest BCUT2D eigenvalue weighted by molar-refractivity contribution is -0.137. The van der Waals surface area contributed by atoms with Gasteiger partial charge >= 0.3 is 6.18 Å². The van der Waals surface area contributed by atoms with E-state index in [1.165, 1.54) is 13.2 Å². The van der Waals surface area contributed by atoms with Gasteiger partial charge in [-0.2, -0.15) is 13.2 Å². The number of halogens is 5. The van der Waals surface area contributed by atoms with Crippen molar-refractivity contribution < 1.29 is 17.9 Å². The second kappa shape index (κ2) is 5.54. The fourth-order valence-corrected chi connectivity index (χ4v) is 2.44. The van der Waals surface area contributed by atoms with Gasteiger partial charge in [0.25, 0.3) is 0 Å². The minimum Gasteiger partial charge on any atom is -0.496 e. The highest BCUT2D eigenvalue weighted by molar-refractivity contribution is 6.39. The molecular weight excluding hydrogens is 312 g/mol. The summed E-state index contributed by atoms with van der Waals surface area (Å²) in [5.41, 5.74) is -0.263. The quantitative estimate of drug-likeness (QED) is 0.690. The third-order valence-electron chi connectivity index (χ3n) is 2.76. The molecule has 0 fully saturated rings. The monoisotopic (exact) mass is 320 g/mol. The molecule has 1 nitrogen and oxygen atoms in total. The number of hydrogen-bond donors (Lipinski definition) is 0. The highest BCUT2D eigenvalue weighted by Crippen LogP contribution is 2.42. The van der Waals surface area contributed by atoms with E-state index in [0.717, 1.165) is 12.1 Å². The van der Waals surface area contributed by atoms with E-state index in [1.54, 1.807) is 18.2 Å². The molecule has 0 spiro atoms. The van der Waals surface area contributed by atoms with E-state index >= 15 is 0 Å². The van der Waals surface area contributed by atoms with E-state index in [-0.39, 0.29) is 21.4 Å². The van der Waals surface area contributed by atoms with Crippen molar-refractivity contribution in [2.75, 3.05) is 7.11 Å². The molecule has 0 N–H and O–H groups in total. The molecule has 20 heavy (non-hydrogen) atoms. The third-order valence-corrected chi connectivity index (χ3v) is 3.39. The van der Waals surface area contributed by atoms with Crippen LogP contribution in [0, 0.1) is 0 Å². The number of methoxy groups -OCH3 is 1. The van der Waals surface area contributed by atoms with Crippen LogP contribution in [-0.2, 0) is 6.18 Å². The van der Waals surface area contributed by atoms with Crippen LogP contribution in [-0.4, -0.2) is 7.11 Å². The van der Waals surface area contributed by atoms with E-state index in [2.05, 4.69) is 0 Å². The van der Waals surface area contributed by atoms with Gasteiger partial charge in [0.05, 0.1) is 22.7 Å². The Morgan fingerprint density at radius 2 is 1.60 bits per heavy atom. The smallest absolute Gasteiger partial charge is 0.416 e. The van der Waals surface area contributed by atoms with Crippen LogP contribution < -0.4 is 4.74 Å². The van der Waals surface area contributed by atoms with Crippen LogP contribution in [0.3, 0.4) is 0 Å². The second-order valence-corrected chi connectivity index (χ2v) is 4.82. The van der Waals surface area contributed by atoms with Crippen molar-refractivity contribution in [1.82, 2.24) is 0 Å². The first kappa shape index (κ1) is 15.0. The van der Waals surface area contributed by atoms with Gasteiger partial charge in [-0.15, -0.1) is 0 Å². The summed E-state index contributed by atoms with van der Waals surface area (Å²) in [5, 5.41) is 0.519. The first-order valence-electron chi connectivity index (χ1n) is 5.54. The SMILES string of the molecule is COc1ccc(C(F)(F)F)cc1-c1c(Cl)cccc1Cl. The molecular formula is C14H9Cl2F3O. The maximum atomic E-state index is 12.8. The lowest BCUT2D eigenvalue weighted by Gasteiger charge is -2.15. The standard InChI is InChI=1S/C14H9Cl2F3O/c1-20-12-6-5-8(14(17,18)19)7-9(12)13-10(15)3-2-4-11(13)16/h2-7H,1H3. The Bertz CT molecular complexity index is 619. The van der Waals surface area contributed by atoms with Crippen molar-refractivity contribution in [1.29, 1.82) is 0 Å². The number of ether oxygens (including phenoxy) is 1. The lowest BCUT2D eigenvalue weighted by atomic mass is 10.0. The Hall–Kier alpha value is -1.39. The molecule has 0 atom stereocenters. The molecule has 0 radical (unpaired) electrons. The Morgan fingerprint density at radius 3 is 2.10 bits per heavy atom. The average molecular weight is 321 g/mol. The zero-order valence-electron chi connectivity index (χ0n) is 10.3. The van der Waals surface area contributed by atoms with E-state index in [9.17, 15) is 13.2 Å². The van der Waals surface area contributed by atoms with Gasteiger partial charge < -0.3 is 4.74 Å². The first-order chi connectivity index (χ1) is 9.34. The largest absolute Gasteiger partial charge is 0.496 e. The van der Waals surface area contributed by atoms with Gasteiger partial charge in [0, 0.05) is 11.1 Å². The third kappa shape index (κ3) is 2.86. The van der Waals surface area contributed by atoms with Crippen molar-refractivity contribution in [3.63, 3.8) is 0 Å². The molecule has 0 bridgehead atoms. The van der Waals surface area contributed by atoms with Crippen molar-refractivity contribution in [2.24, 2.45) is 0 Å². The number of rotatable bonds is 2. The zero-order valence-corrected chi connectivity index (χ0v) is 11.8. The summed E-state index contributed by atoms with van der Waals surface area (Å²) < 4.78 is 43.5. The molecule has 0 saturated heterocycles. The minimum atomic E-state index is -4.45. The zero-order chi connectivity index (χ0) is 14.9. The van der Waals surface area contributed by atoms with Crippen LogP contribution in [0.15, 0.2) is 36.4 Å².